The maximum atomic E-state index is 12.9. The Kier molecular flexibility index (Phi) is 59.7. The van der Waals surface area contributed by atoms with Crippen molar-refractivity contribution in [2.24, 2.45) is 0 Å². The van der Waals surface area contributed by atoms with Gasteiger partial charge in [0.05, 0.1) is 0 Å². The van der Waals surface area contributed by atoms with E-state index in [1.807, 2.05) is 0 Å². The minimum absolute atomic E-state index is 0.0778. The van der Waals surface area contributed by atoms with E-state index in [1.54, 1.807) is 0 Å². The van der Waals surface area contributed by atoms with Crippen LogP contribution >= 0.6 is 0 Å². The van der Waals surface area contributed by atoms with Crippen LogP contribution in [0.15, 0.2) is 48.6 Å². The maximum absolute atomic E-state index is 12.9. The molecule has 0 fully saturated rings. The van der Waals surface area contributed by atoms with Gasteiger partial charge in [-0.15, -0.1) is 0 Å². The molecule has 1 atom stereocenters. The molecule has 0 heterocycles. The van der Waals surface area contributed by atoms with E-state index in [1.165, 1.54) is 218 Å². The van der Waals surface area contributed by atoms with Gasteiger partial charge in [-0.1, -0.05) is 288 Å². The van der Waals surface area contributed by atoms with E-state index in [0.717, 1.165) is 83.5 Å². The average molecular weight is 1020 g/mol. The Bertz CT molecular complexity index is 1270. The second-order valence-electron chi connectivity index (χ2n) is 21.7. The first-order chi connectivity index (χ1) is 36.0. The predicted molar refractivity (Wildman–Crippen MR) is 316 cm³/mol. The van der Waals surface area contributed by atoms with Crippen LogP contribution in [0.4, 0.5) is 0 Å². The summed E-state index contributed by atoms with van der Waals surface area (Å²) in [4.78, 5) is 38.3. The molecule has 0 bridgehead atoms. The fraction of sp³-hybridized carbons (Fsp3) is 0.836. The minimum atomic E-state index is -0.782. The Morgan fingerprint density at radius 1 is 0.274 bits per heavy atom. The highest BCUT2D eigenvalue weighted by Gasteiger charge is 2.19. The molecule has 0 aliphatic carbocycles. The van der Waals surface area contributed by atoms with E-state index in [2.05, 4.69) is 69.4 Å². The standard InChI is InChI=1S/C67H122O6/c1-4-7-10-13-16-19-22-25-27-29-31-33-35-36-38-40-42-45-48-51-54-57-60-66(69)72-63-64(62-71-65(68)59-56-53-50-47-44-24-21-18-15-12-9-6-3)73-67(70)61-58-55-52-49-46-43-41-39-37-34-32-30-28-26-23-20-17-14-11-8-5-2/h18,21,23,26,30,32,37,39,64H,4-17,19-20,22,24-25,27-29,31,33-36,38,40-63H2,1-3H3/b21-18-,26-23-,32-30-,39-37-. The van der Waals surface area contributed by atoms with Crippen LogP contribution in [-0.2, 0) is 28.6 Å². The van der Waals surface area contributed by atoms with Crippen molar-refractivity contribution in [3.63, 3.8) is 0 Å². The van der Waals surface area contributed by atoms with Crippen LogP contribution in [0.1, 0.15) is 342 Å². The Balaban J connectivity index is 4.30. The van der Waals surface area contributed by atoms with Crippen molar-refractivity contribution in [3.05, 3.63) is 48.6 Å². The van der Waals surface area contributed by atoms with Crippen molar-refractivity contribution < 1.29 is 28.6 Å². The van der Waals surface area contributed by atoms with Crippen LogP contribution in [0.3, 0.4) is 0 Å². The highest BCUT2D eigenvalue weighted by molar-refractivity contribution is 5.71. The topological polar surface area (TPSA) is 78.9 Å². The Hall–Kier alpha value is -2.63. The fourth-order valence-electron chi connectivity index (χ4n) is 9.45. The first kappa shape index (κ1) is 70.4. The predicted octanol–water partition coefficient (Wildman–Crippen LogP) is 21.8. The van der Waals surface area contributed by atoms with Gasteiger partial charge < -0.3 is 14.2 Å². The third-order valence-corrected chi connectivity index (χ3v) is 14.3. The highest BCUT2D eigenvalue weighted by Crippen LogP contribution is 2.17. The lowest BCUT2D eigenvalue weighted by Crippen LogP contribution is -2.30. The fourth-order valence-corrected chi connectivity index (χ4v) is 9.45. The van der Waals surface area contributed by atoms with Crippen LogP contribution < -0.4 is 0 Å². The van der Waals surface area contributed by atoms with Crippen molar-refractivity contribution in [2.75, 3.05) is 13.2 Å². The molecule has 0 amide bonds. The maximum Gasteiger partial charge on any atom is 0.306 e. The summed E-state index contributed by atoms with van der Waals surface area (Å²) < 4.78 is 16.9. The molecule has 0 aromatic rings. The van der Waals surface area contributed by atoms with Crippen LogP contribution in [-0.4, -0.2) is 37.2 Å². The SMILES string of the molecule is CCCCC/C=C\CCCCCCCC(=O)OCC(COC(=O)CCCCCCCCCCCCCCCCCCCCCCCC)OC(=O)CCCCCCCC/C=C\C/C=C\C/C=C\CCCCCCC. The van der Waals surface area contributed by atoms with Gasteiger partial charge in [0.1, 0.15) is 13.2 Å². The quantitative estimate of drug-likeness (QED) is 0.0261. The molecule has 0 aromatic carbocycles. The van der Waals surface area contributed by atoms with Gasteiger partial charge in [0, 0.05) is 19.3 Å². The molecule has 0 rings (SSSR count). The van der Waals surface area contributed by atoms with E-state index in [0.29, 0.717) is 19.3 Å². The van der Waals surface area contributed by atoms with Crippen molar-refractivity contribution in [1.82, 2.24) is 0 Å². The summed E-state index contributed by atoms with van der Waals surface area (Å²) >= 11 is 0. The summed E-state index contributed by atoms with van der Waals surface area (Å²) in [5.41, 5.74) is 0. The molecule has 0 saturated heterocycles. The number of ether oxygens (including phenoxy) is 3. The highest BCUT2D eigenvalue weighted by atomic mass is 16.6. The van der Waals surface area contributed by atoms with Gasteiger partial charge >= 0.3 is 17.9 Å². The van der Waals surface area contributed by atoms with Crippen molar-refractivity contribution in [3.8, 4) is 0 Å². The van der Waals surface area contributed by atoms with Gasteiger partial charge in [0.25, 0.3) is 0 Å². The lowest BCUT2D eigenvalue weighted by molar-refractivity contribution is -0.167. The van der Waals surface area contributed by atoms with Gasteiger partial charge in [-0.3, -0.25) is 14.4 Å². The molecule has 0 aliphatic rings. The number of hydrogen-bond acceptors (Lipinski definition) is 6. The van der Waals surface area contributed by atoms with E-state index >= 15 is 0 Å². The second kappa shape index (κ2) is 61.9. The van der Waals surface area contributed by atoms with Gasteiger partial charge in [-0.25, -0.2) is 0 Å². The van der Waals surface area contributed by atoms with Gasteiger partial charge in [0.2, 0.25) is 0 Å². The number of esters is 3. The van der Waals surface area contributed by atoms with Crippen molar-refractivity contribution >= 4 is 17.9 Å². The molecule has 1 unspecified atom stereocenters. The molecule has 0 radical (unpaired) electrons. The molecular weight excluding hydrogens is 901 g/mol. The number of carbonyl (C=O) groups excluding carboxylic acids is 3. The molecule has 6 nitrogen and oxygen atoms in total. The van der Waals surface area contributed by atoms with Crippen LogP contribution in [0.25, 0.3) is 0 Å². The Morgan fingerprint density at radius 2 is 0.493 bits per heavy atom. The van der Waals surface area contributed by atoms with Crippen molar-refractivity contribution in [1.29, 1.82) is 0 Å². The zero-order chi connectivity index (χ0) is 52.9. The summed E-state index contributed by atoms with van der Waals surface area (Å²) in [6, 6.07) is 0. The number of allylic oxidation sites excluding steroid dienone is 8. The van der Waals surface area contributed by atoms with Gasteiger partial charge in [-0.2, -0.15) is 0 Å². The molecule has 6 heteroatoms. The van der Waals surface area contributed by atoms with E-state index < -0.39 is 6.10 Å². The first-order valence-electron chi connectivity index (χ1n) is 32.1. The minimum Gasteiger partial charge on any atom is -0.462 e. The summed E-state index contributed by atoms with van der Waals surface area (Å²) in [6.07, 6.45) is 76.9. The zero-order valence-corrected chi connectivity index (χ0v) is 48.9. The first-order valence-corrected chi connectivity index (χ1v) is 32.1. The van der Waals surface area contributed by atoms with Crippen LogP contribution in [0, 0.1) is 0 Å². The summed E-state index contributed by atoms with van der Waals surface area (Å²) in [7, 11) is 0. The van der Waals surface area contributed by atoms with Gasteiger partial charge in [0.15, 0.2) is 6.10 Å². The smallest absolute Gasteiger partial charge is 0.306 e. The number of rotatable bonds is 59. The number of carbonyl (C=O) groups is 3. The monoisotopic (exact) mass is 1020 g/mol. The molecule has 0 saturated carbocycles. The third-order valence-electron chi connectivity index (χ3n) is 14.3. The van der Waals surface area contributed by atoms with Crippen molar-refractivity contribution in [2.45, 2.75) is 348 Å². The van der Waals surface area contributed by atoms with E-state index in [-0.39, 0.29) is 31.1 Å². The molecule has 426 valence electrons. The molecule has 0 spiro atoms. The molecule has 73 heavy (non-hydrogen) atoms. The van der Waals surface area contributed by atoms with E-state index in [4.69, 9.17) is 14.2 Å². The Labute approximate surface area is 454 Å². The molecule has 0 aliphatic heterocycles. The lowest BCUT2D eigenvalue weighted by atomic mass is 10.0. The van der Waals surface area contributed by atoms with Crippen LogP contribution in [0.2, 0.25) is 0 Å². The molecule has 0 N–H and O–H groups in total. The second-order valence-corrected chi connectivity index (χ2v) is 21.7. The Morgan fingerprint density at radius 3 is 0.808 bits per heavy atom. The summed E-state index contributed by atoms with van der Waals surface area (Å²) in [5.74, 6) is -0.881. The normalized spacial score (nSPS) is 12.3. The van der Waals surface area contributed by atoms with Crippen LogP contribution in [0.5, 0.6) is 0 Å². The summed E-state index contributed by atoms with van der Waals surface area (Å²) in [6.45, 7) is 6.64. The summed E-state index contributed by atoms with van der Waals surface area (Å²) in [5, 5.41) is 0. The average Bonchev–Trinajstić information content (AvgIpc) is 3.39. The number of unbranched alkanes of at least 4 members (excludes halogenated alkanes) is 40. The third kappa shape index (κ3) is 60.1. The lowest BCUT2D eigenvalue weighted by Gasteiger charge is -2.18. The number of hydrogen-bond donors (Lipinski definition) is 0. The molecular formula is C67H122O6. The largest absolute Gasteiger partial charge is 0.462 e. The molecule has 0 aromatic heterocycles. The van der Waals surface area contributed by atoms with E-state index in [9.17, 15) is 14.4 Å². The zero-order valence-electron chi connectivity index (χ0n) is 48.9. The van der Waals surface area contributed by atoms with Gasteiger partial charge in [-0.05, 0) is 83.5 Å².